The van der Waals surface area contributed by atoms with Crippen molar-refractivity contribution in [2.45, 2.75) is 52.1 Å². The Bertz CT molecular complexity index is 447. The number of rotatable bonds is 4. The van der Waals surface area contributed by atoms with E-state index in [1.807, 2.05) is 12.1 Å². The molecule has 0 unspecified atom stereocenters. The van der Waals surface area contributed by atoms with Crippen molar-refractivity contribution in [2.24, 2.45) is 5.41 Å². The van der Waals surface area contributed by atoms with E-state index in [1.165, 1.54) is 12.8 Å². The Hall–Kier alpha value is -1.42. The summed E-state index contributed by atoms with van der Waals surface area (Å²) in [5.74, 6) is 0. The van der Waals surface area contributed by atoms with Gasteiger partial charge in [0.15, 0.2) is 0 Å². The van der Waals surface area contributed by atoms with E-state index < -0.39 is 0 Å². The van der Waals surface area contributed by atoms with Crippen molar-refractivity contribution in [1.29, 1.82) is 0 Å². The Kier molecular flexibility index (Phi) is 4.20. The lowest BCUT2D eigenvalue weighted by atomic mass is 9.75. The Balaban J connectivity index is 1.91. The molecule has 1 aliphatic rings. The van der Waals surface area contributed by atoms with Crippen LogP contribution >= 0.6 is 0 Å². The Morgan fingerprint density at radius 3 is 2.58 bits per heavy atom. The molecule has 0 radical (unpaired) electrons. The summed E-state index contributed by atoms with van der Waals surface area (Å²) in [7, 11) is 0. The summed E-state index contributed by atoms with van der Waals surface area (Å²) < 4.78 is 0. The number of benzene rings is 1. The molecule has 0 atom stereocenters. The zero-order valence-electron chi connectivity index (χ0n) is 11.7. The minimum Gasteiger partial charge on any atom is -0.310 e. The number of nitrogens with zero attached hydrogens (tertiary/aromatic N) is 1. The second kappa shape index (κ2) is 5.70. The van der Waals surface area contributed by atoms with Gasteiger partial charge in [-0.2, -0.15) is 0 Å². The fourth-order valence-corrected chi connectivity index (χ4v) is 2.70. The third-order valence-electron chi connectivity index (χ3n) is 4.11. The minimum absolute atomic E-state index is 0.214. The number of nitro groups is 1. The fourth-order valence-electron chi connectivity index (χ4n) is 2.70. The minimum atomic E-state index is -0.305. The van der Waals surface area contributed by atoms with Crippen LogP contribution in [-0.2, 0) is 6.54 Å². The first-order valence-corrected chi connectivity index (χ1v) is 6.94. The average molecular weight is 262 g/mol. The zero-order chi connectivity index (χ0) is 13.9. The molecule has 0 saturated heterocycles. The lowest BCUT2D eigenvalue weighted by Crippen LogP contribution is -2.35. The second-order valence-electron chi connectivity index (χ2n) is 6.21. The van der Waals surface area contributed by atoms with Crippen LogP contribution in [0.2, 0.25) is 0 Å². The van der Waals surface area contributed by atoms with Crippen LogP contribution in [0.5, 0.6) is 0 Å². The van der Waals surface area contributed by atoms with Crippen molar-refractivity contribution in [1.82, 2.24) is 5.32 Å². The van der Waals surface area contributed by atoms with Gasteiger partial charge in [0.25, 0.3) is 5.69 Å². The molecule has 0 spiro atoms. The highest BCUT2D eigenvalue weighted by atomic mass is 16.6. The van der Waals surface area contributed by atoms with Crippen LogP contribution in [0.1, 0.15) is 45.1 Å². The predicted octanol–water partition coefficient (Wildman–Crippen LogP) is 3.65. The lowest BCUT2D eigenvalue weighted by molar-refractivity contribution is -0.385. The molecule has 1 fully saturated rings. The number of para-hydroxylation sites is 1. The van der Waals surface area contributed by atoms with E-state index in [4.69, 9.17) is 0 Å². The van der Waals surface area contributed by atoms with Crippen LogP contribution in [-0.4, -0.2) is 11.0 Å². The maximum Gasteiger partial charge on any atom is 0.273 e. The number of hydrogen-bond donors (Lipinski definition) is 1. The first kappa shape index (κ1) is 14.0. The maximum atomic E-state index is 10.9. The molecule has 1 aromatic rings. The SMILES string of the molecule is CC1(C)CCC(NCc2ccccc2[N+](=O)[O-])CC1. The highest BCUT2D eigenvalue weighted by Gasteiger charge is 2.26. The van der Waals surface area contributed by atoms with Gasteiger partial charge in [-0.3, -0.25) is 10.1 Å². The summed E-state index contributed by atoms with van der Waals surface area (Å²) in [6, 6.07) is 7.46. The van der Waals surface area contributed by atoms with Crippen molar-refractivity contribution in [2.75, 3.05) is 0 Å². The molecular weight excluding hydrogens is 240 g/mol. The Morgan fingerprint density at radius 1 is 1.32 bits per heavy atom. The lowest BCUT2D eigenvalue weighted by Gasteiger charge is -2.34. The van der Waals surface area contributed by atoms with Crippen LogP contribution < -0.4 is 5.32 Å². The molecule has 1 saturated carbocycles. The van der Waals surface area contributed by atoms with E-state index in [9.17, 15) is 10.1 Å². The largest absolute Gasteiger partial charge is 0.310 e. The molecule has 0 bridgehead atoms. The third kappa shape index (κ3) is 3.77. The van der Waals surface area contributed by atoms with E-state index in [2.05, 4.69) is 19.2 Å². The smallest absolute Gasteiger partial charge is 0.273 e. The first-order chi connectivity index (χ1) is 8.98. The van der Waals surface area contributed by atoms with Crippen molar-refractivity contribution in [3.05, 3.63) is 39.9 Å². The van der Waals surface area contributed by atoms with Gasteiger partial charge in [0.2, 0.25) is 0 Å². The van der Waals surface area contributed by atoms with Crippen LogP contribution in [0.25, 0.3) is 0 Å². The molecule has 4 heteroatoms. The van der Waals surface area contributed by atoms with E-state index in [-0.39, 0.29) is 10.6 Å². The molecule has 0 aromatic heterocycles. The maximum absolute atomic E-state index is 10.9. The topological polar surface area (TPSA) is 55.2 Å². The first-order valence-electron chi connectivity index (χ1n) is 6.94. The van der Waals surface area contributed by atoms with E-state index in [0.717, 1.165) is 18.4 Å². The summed E-state index contributed by atoms with van der Waals surface area (Å²) in [5.41, 5.74) is 1.44. The molecule has 1 aliphatic carbocycles. The number of nitrogens with one attached hydrogen (secondary N) is 1. The highest BCUT2D eigenvalue weighted by Crippen LogP contribution is 2.35. The summed E-state index contributed by atoms with van der Waals surface area (Å²) in [6.07, 6.45) is 4.77. The van der Waals surface area contributed by atoms with Crippen molar-refractivity contribution in [3.8, 4) is 0 Å². The average Bonchev–Trinajstić information content (AvgIpc) is 2.38. The van der Waals surface area contributed by atoms with Gasteiger partial charge in [0.05, 0.1) is 4.92 Å². The number of hydrogen-bond acceptors (Lipinski definition) is 3. The predicted molar refractivity (Wildman–Crippen MR) is 76.0 cm³/mol. The summed E-state index contributed by atoms with van der Waals surface area (Å²) >= 11 is 0. The van der Waals surface area contributed by atoms with Gasteiger partial charge in [-0.25, -0.2) is 0 Å². The second-order valence-corrected chi connectivity index (χ2v) is 6.21. The fraction of sp³-hybridized carbons (Fsp3) is 0.600. The van der Waals surface area contributed by atoms with Gasteiger partial charge >= 0.3 is 0 Å². The molecule has 104 valence electrons. The van der Waals surface area contributed by atoms with Crippen LogP contribution in [0, 0.1) is 15.5 Å². The van der Waals surface area contributed by atoms with Gasteiger partial charge in [-0.15, -0.1) is 0 Å². The van der Waals surface area contributed by atoms with Crippen molar-refractivity contribution >= 4 is 5.69 Å². The molecular formula is C15H22N2O2. The third-order valence-corrected chi connectivity index (χ3v) is 4.11. The Labute approximate surface area is 114 Å². The van der Waals surface area contributed by atoms with E-state index in [0.29, 0.717) is 18.0 Å². The van der Waals surface area contributed by atoms with E-state index >= 15 is 0 Å². The van der Waals surface area contributed by atoms with Gasteiger partial charge in [-0.1, -0.05) is 32.0 Å². The molecule has 4 nitrogen and oxygen atoms in total. The monoisotopic (exact) mass is 262 g/mol. The zero-order valence-corrected chi connectivity index (χ0v) is 11.7. The summed E-state index contributed by atoms with van der Waals surface area (Å²) in [5, 5.41) is 14.4. The van der Waals surface area contributed by atoms with E-state index in [1.54, 1.807) is 12.1 Å². The molecule has 2 rings (SSSR count). The van der Waals surface area contributed by atoms with Crippen molar-refractivity contribution in [3.63, 3.8) is 0 Å². The molecule has 1 N–H and O–H groups in total. The molecule has 0 aliphatic heterocycles. The van der Waals surface area contributed by atoms with Gasteiger partial charge in [0.1, 0.15) is 0 Å². The molecule has 0 heterocycles. The summed E-state index contributed by atoms with van der Waals surface area (Å²) in [6.45, 7) is 5.21. The highest BCUT2D eigenvalue weighted by molar-refractivity contribution is 5.39. The Morgan fingerprint density at radius 2 is 1.95 bits per heavy atom. The number of nitro benzene ring substituents is 1. The van der Waals surface area contributed by atoms with Gasteiger partial charge < -0.3 is 5.32 Å². The van der Waals surface area contributed by atoms with Crippen LogP contribution in [0.3, 0.4) is 0 Å². The standard InChI is InChI=1S/C15H22N2O2/c1-15(2)9-7-13(8-10-15)16-11-12-5-3-4-6-14(12)17(18)19/h3-6,13,16H,7-11H2,1-2H3. The van der Waals surface area contributed by atoms with Crippen molar-refractivity contribution < 1.29 is 4.92 Å². The molecule has 19 heavy (non-hydrogen) atoms. The summed E-state index contributed by atoms with van der Waals surface area (Å²) in [4.78, 5) is 10.6. The van der Waals surface area contributed by atoms with Crippen LogP contribution in [0.4, 0.5) is 5.69 Å². The quantitative estimate of drug-likeness (QED) is 0.665. The van der Waals surface area contributed by atoms with Crippen LogP contribution in [0.15, 0.2) is 24.3 Å². The van der Waals surface area contributed by atoms with Gasteiger partial charge in [0, 0.05) is 24.2 Å². The van der Waals surface area contributed by atoms with Gasteiger partial charge in [-0.05, 0) is 31.1 Å². The molecule has 0 amide bonds. The molecule has 1 aromatic carbocycles. The normalized spacial score (nSPS) is 19.3.